The van der Waals surface area contributed by atoms with Gasteiger partial charge in [0.25, 0.3) is 0 Å². The van der Waals surface area contributed by atoms with Gasteiger partial charge >= 0.3 is 6.61 Å². The van der Waals surface area contributed by atoms with Gasteiger partial charge in [-0.3, -0.25) is 0 Å². The van der Waals surface area contributed by atoms with E-state index in [9.17, 15) is 17.2 Å². The third kappa shape index (κ3) is 4.69. The Morgan fingerprint density at radius 2 is 2.08 bits per heavy atom. The van der Waals surface area contributed by atoms with E-state index in [-0.39, 0.29) is 29.0 Å². The number of tetrazole rings is 1. The Balaban J connectivity index is 1.73. The summed E-state index contributed by atoms with van der Waals surface area (Å²) in [6, 6.07) is 5.60. The minimum Gasteiger partial charge on any atom is -0.435 e. The van der Waals surface area contributed by atoms with Crippen molar-refractivity contribution in [2.24, 2.45) is 5.92 Å². The lowest BCUT2D eigenvalue weighted by molar-refractivity contribution is -0.0498. The molecule has 0 spiro atoms. The molecule has 1 fully saturated rings. The van der Waals surface area contributed by atoms with Crippen LogP contribution in [-0.2, 0) is 20.3 Å². The smallest absolute Gasteiger partial charge is 0.387 e. The SMILES string of the molecule is O=S(=O)(Cc1nnnn1-c1ccc(OC(F)F)cc1)CC1CCOC1. The molecule has 0 bridgehead atoms. The van der Waals surface area contributed by atoms with E-state index < -0.39 is 16.4 Å². The van der Waals surface area contributed by atoms with Crippen molar-refractivity contribution in [3.8, 4) is 11.4 Å². The predicted molar refractivity (Wildman–Crippen MR) is 82.2 cm³/mol. The molecule has 2 aromatic rings. The number of sulfone groups is 1. The highest BCUT2D eigenvalue weighted by molar-refractivity contribution is 7.90. The van der Waals surface area contributed by atoms with Gasteiger partial charge in [0.1, 0.15) is 11.5 Å². The summed E-state index contributed by atoms with van der Waals surface area (Å²) < 4.78 is 59.8. The van der Waals surface area contributed by atoms with Gasteiger partial charge in [-0.2, -0.15) is 13.5 Å². The number of nitrogens with zero attached hydrogens (tertiary/aromatic N) is 4. The van der Waals surface area contributed by atoms with Crippen LogP contribution >= 0.6 is 0 Å². The van der Waals surface area contributed by atoms with Crippen molar-refractivity contribution in [1.82, 2.24) is 20.2 Å². The van der Waals surface area contributed by atoms with Gasteiger partial charge in [0, 0.05) is 6.61 Å². The maximum atomic E-state index is 12.3. The van der Waals surface area contributed by atoms with Crippen LogP contribution in [0.2, 0.25) is 0 Å². The van der Waals surface area contributed by atoms with Crippen LogP contribution in [0, 0.1) is 5.92 Å². The molecule has 1 aliphatic heterocycles. The van der Waals surface area contributed by atoms with Crippen LogP contribution in [0.3, 0.4) is 0 Å². The highest BCUT2D eigenvalue weighted by atomic mass is 32.2. The van der Waals surface area contributed by atoms with Crippen molar-refractivity contribution in [2.45, 2.75) is 18.8 Å². The predicted octanol–water partition coefficient (Wildman–Crippen LogP) is 1.21. The minimum atomic E-state index is -3.41. The number of hydrogen-bond donors (Lipinski definition) is 0. The maximum Gasteiger partial charge on any atom is 0.387 e. The summed E-state index contributed by atoms with van der Waals surface area (Å²) in [5.74, 6) is -0.170. The third-order valence-corrected chi connectivity index (χ3v) is 5.38. The van der Waals surface area contributed by atoms with Crippen molar-refractivity contribution < 1.29 is 26.7 Å². The second-order valence-corrected chi connectivity index (χ2v) is 7.77. The average Bonchev–Trinajstić information content (AvgIpc) is 3.18. The van der Waals surface area contributed by atoms with Crippen LogP contribution in [0.4, 0.5) is 8.78 Å². The Bertz CT molecular complexity index is 804. The first kappa shape index (κ1) is 17.7. The molecular formula is C14H16F2N4O4S. The zero-order chi connectivity index (χ0) is 17.9. The lowest BCUT2D eigenvalue weighted by Crippen LogP contribution is -2.20. The number of aromatic nitrogens is 4. The van der Waals surface area contributed by atoms with Crippen LogP contribution in [-0.4, -0.2) is 54.2 Å². The second-order valence-electron chi connectivity index (χ2n) is 5.66. The Labute approximate surface area is 142 Å². The summed E-state index contributed by atoms with van der Waals surface area (Å²) in [6.07, 6.45) is 0.718. The molecule has 136 valence electrons. The standard InChI is InChI=1S/C14H16F2N4O4S/c15-14(16)24-12-3-1-11(2-4-12)20-13(17-18-19-20)9-25(21,22)8-10-5-6-23-7-10/h1-4,10,14H,5-9H2. The molecule has 1 aromatic heterocycles. The van der Waals surface area contributed by atoms with Gasteiger partial charge in [0.15, 0.2) is 15.7 Å². The van der Waals surface area contributed by atoms with Gasteiger partial charge in [0.2, 0.25) is 0 Å². The Morgan fingerprint density at radius 3 is 2.72 bits per heavy atom. The fourth-order valence-corrected chi connectivity index (χ4v) is 4.27. The lowest BCUT2D eigenvalue weighted by atomic mass is 10.2. The highest BCUT2D eigenvalue weighted by Crippen LogP contribution is 2.20. The van der Waals surface area contributed by atoms with Crippen molar-refractivity contribution in [1.29, 1.82) is 0 Å². The van der Waals surface area contributed by atoms with Gasteiger partial charge in [-0.1, -0.05) is 0 Å². The topological polar surface area (TPSA) is 96.2 Å². The minimum absolute atomic E-state index is 0.0118. The lowest BCUT2D eigenvalue weighted by Gasteiger charge is -2.09. The van der Waals surface area contributed by atoms with Gasteiger partial charge in [-0.25, -0.2) is 8.42 Å². The van der Waals surface area contributed by atoms with Crippen LogP contribution in [0.5, 0.6) is 5.75 Å². The van der Waals surface area contributed by atoms with Gasteiger partial charge in [-0.15, -0.1) is 5.10 Å². The first-order chi connectivity index (χ1) is 11.9. The molecule has 0 aliphatic carbocycles. The number of rotatable bonds is 7. The molecule has 0 saturated carbocycles. The van der Waals surface area contributed by atoms with Crippen molar-refractivity contribution >= 4 is 9.84 Å². The molecule has 3 rings (SSSR count). The first-order valence-corrected chi connectivity index (χ1v) is 9.36. The molecular weight excluding hydrogens is 358 g/mol. The highest BCUT2D eigenvalue weighted by Gasteiger charge is 2.25. The van der Waals surface area contributed by atoms with Gasteiger partial charge in [-0.05, 0) is 47.0 Å². The molecule has 1 aromatic carbocycles. The van der Waals surface area contributed by atoms with Crippen LogP contribution in [0.1, 0.15) is 12.2 Å². The maximum absolute atomic E-state index is 12.3. The molecule has 1 saturated heterocycles. The summed E-state index contributed by atoms with van der Waals surface area (Å²) in [5, 5.41) is 11.0. The molecule has 0 N–H and O–H groups in total. The largest absolute Gasteiger partial charge is 0.435 e. The average molecular weight is 374 g/mol. The van der Waals surface area contributed by atoms with Crippen LogP contribution < -0.4 is 4.74 Å². The van der Waals surface area contributed by atoms with E-state index >= 15 is 0 Å². The van der Waals surface area contributed by atoms with Gasteiger partial charge in [0.05, 0.1) is 18.0 Å². The number of benzene rings is 1. The quantitative estimate of drug-likeness (QED) is 0.719. The summed E-state index contributed by atoms with van der Waals surface area (Å²) in [5.41, 5.74) is 0.445. The zero-order valence-electron chi connectivity index (χ0n) is 13.1. The van der Waals surface area contributed by atoms with E-state index in [1.165, 1.54) is 28.9 Å². The molecule has 8 nitrogen and oxygen atoms in total. The Morgan fingerprint density at radius 1 is 1.32 bits per heavy atom. The van der Waals surface area contributed by atoms with E-state index in [1.54, 1.807) is 0 Å². The Hall–Kier alpha value is -2.14. The number of hydrogen-bond acceptors (Lipinski definition) is 7. The van der Waals surface area contributed by atoms with E-state index in [4.69, 9.17) is 4.74 Å². The van der Waals surface area contributed by atoms with Crippen LogP contribution in [0.25, 0.3) is 5.69 Å². The zero-order valence-corrected chi connectivity index (χ0v) is 13.9. The van der Waals surface area contributed by atoms with Crippen molar-refractivity contribution in [2.75, 3.05) is 19.0 Å². The molecule has 1 aliphatic rings. The monoisotopic (exact) mass is 374 g/mol. The second kappa shape index (κ2) is 7.40. The summed E-state index contributed by atoms with van der Waals surface area (Å²) in [6.45, 7) is -1.90. The first-order valence-electron chi connectivity index (χ1n) is 7.53. The normalized spacial score (nSPS) is 18.0. The van der Waals surface area contributed by atoms with E-state index in [1.807, 2.05) is 0 Å². The van der Waals surface area contributed by atoms with Gasteiger partial charge < -0.3 is 9.47 Å². The third-order valence-electron chi connectivity index (χ3n) is 3.70. The fraction of sp³-hybridized carbons (Fsp3) is 0.500. The number of halogens is 2. The summed E-state index contributed by atoms with van der Waals surface area (Å²) >= 11 is 0. The Kier molecular flexibility index (Phi) is 5.23. The molecule has 1 unspecified atom stereocenters. The van der Waals surface area contributed by atoms with E-state index in [2.05, 4.69) is 20.3 Å². The molecule has 0 radical (unpaired) electrons. The fourth-order valence-electron chi connectivity index (χ4n) is 2.59. The summed E-state index contributed by atoms with van der Waals surface area (Å²) in [7, 11) is -3.41. The van der Waals surface area contributed by atoms with Crippen molar-refractivity contribution in [3.63, 3.8) is 0 Å². The number of ether oxygens (including phenoxy) is 2. The summed E-state index contributed by atoms with van der Waals surface area (Å²) in [4.78, 5) is 0. The van der Waals surface area contributed by atoms with Crippen LogP contribution in [0.15, 0.2) is 24.3 Å². The molecule has 1 atom stereocenters. The molecule has 2 heterocycles. The van der Waals surface area contributed by atoms with E-state index in [0.717, 1.165) is 6.42 Å². The molecule has 0 amide bonds. The number of alkyl halides is 2. The molecule has 11 heteroatoms. The van der Waals surface area contributed by atoms with E-state index in [0.29, 0.717) is 18.9 Å². The molecule has 25 heavy (non-hydrogen) atoms. The van der Waals surface area contributed by atoms with Crippen molar-refractivity contribution in [3.05, 3.63) is 30.1 Å².